The van der Waals surface area contributed by atoms with E-state index in [4.69, 9.17) is 4.52 Å². The summed E-state index contributed by atoms with van der Waals surface area (Å²) in [7, 11) is 0. The van der Waals surface area contributed by atoms with E-state index in [0.717, 1.165) is 64.1 Å². The monoisotopic (exact) mass is 390 g/mol. The first kappa shape index (κ1) is 20.8. The van der Waals surface area contributed by atoms with Crippen molar-refractivity contribution in [2.45, 2.75) is 77.6 Å². The van der Waals surface area contributed by atoms with E-state index in [1.165, 1.54) is 6.42 Å². The highest BCUT2D eigenvalue weighted by atomic mass is 16.5. The van der Waals surface area contributed by atoms with E-state index < -0.39 is 0 Å². The van der Waals surface area contributed by atoms with Gasteiger partial charge in [-0.05, 0) is 44.4 Å². The van der Waals surface area contributed by atoms with E-state index in [1.54, 1.807) is 0 Å². The van der Waals surface area contributed by atoms with Gasteiger partial charge in [0, 0.05) is 51.4 Å². The van der Waals surface area contributed by atoms with Crippen LogP contribution in [0.4, 0.5) is 6.01 Å². The molecule has 0 unspecified atom stereocenters. The Bertz CT molecular complexity index is 644. The molecule has 28 heavy (non-hydrogen) atoms. The maximum absolute atomic E-state index is 12.2. The Morgan fingerprint density at radius 2 is 1.75 bits per heavy atom. The first-order valence-corrected chi connectivity index (χ1v) is 10.9. The molecule has 1 aromatic heterocycles. The normalized spacial score (nSPS) is 18.7. The summed E-state index contributed by atoms with van der Waals surface area (Å²) in [6, 6.07) is 0.620. The zero-order valence-electron chi connectivity index (χ0n) is 17.4. The third-order valence-corrected chi connectivity index (χ3v) is 5.99. The largest absolute Gasteiger partial charge is 0.343 e. The number of carbonyl (C=O) groups excluding carboxylic acids is 2. The van der Waals surface area contributed by atoms with E-state index >= 15 is 0 Å². The van der Waals surface area contributed by atoms with Crippen LogP contribution in [0.5, 0.6) is 0 Å². The minimum atomic E-state index is 0.154. The summed E-state index contributed by atoms with van der Waals surface area (Å²) in [5.41, 5.74) is 0. The molecule has 0 N–H and O–H groups in total. The van der Waals surface area contributed by atoms with Crippen molar-refractivity contribution in [3.8, 4) is 0 Å². The smallest absolute Gasteiger partial charge is 0.324 e. The van der Waals surface area contributed by atoms with Crippen molar-refractivity contribution in [2.24, 2.45) is 5.92 Å². The molecule has 0 aliphatic carbocycles. The van der Waals surface area contributed by atoms with Crippen molar-refractivity contribution in [3.63, 3.8) is 0 Å². The van der Waals surface area contributed by atoms with Gasteiger partial charge in [-0.1, -0.05) is 19.0 Å². The van der Waals surface area contributed by atoms with Gasteiger partial charge in [0.05, 0.1) is 0 Å². The zero-order chi connectivity index (χ0) is 19.9. The van der Waals surface area contributed by atoms with Crippen LogP contribution < -0.4 is 4.90 Å². The topological polar surface area (TPSA) is 79.5 Å². The van der Waals surface area contributed by atoms with Gasteiger partial charge in [0.1, 0.15) is 5.78 Å². The second-order valence-electron chi connectivity index (χ2n) is 8.54. The summed E-state index contributed by atoms with van der Waals surface area (Å²) in [6.45, 7) is 7.63. The van der Waals surface area contributed by atoms with Gasteiger partial charge < -0.3 is 14.3 Å². The zero-order valence-corrected chi connectivity index (χ0v) is 17.4. The van der Waals surface area contributed by atoms with Crippen molar-refractivity contribution < 1.29 is 14.1 Å². The Kier molecular flexibility index (Phi) is 7.45. The van der Waals surface area contributed by atoms with Crippen molar-refractivity contribution in [1.29, 1.82) is 0 Å². The molecule has 156 valence electrons. The predicted molar refractivity (Wildman–Crippen MR) is 107 cm³/mol. The third kappa shape index (κ3) is 5.79. The Morgan fingerprint density at radius 1 is 1.04 bits per heavy atom. The molecule has 0 atom stereocenters. The minimum absolute atomic E-state index is 0.154. The van der Waals surface area contributed by atoms with E-state index in [2.05, 4.69) is 28.9 Å². The molecule has 0 spiro atoms. The SMILES string of the molecule is CC(C)c1noc(N2CCC(CCC(=O)CCC(=O)N3CCCCC3)CC2)n1. The Labute approximate surface area is 167 Å². The lowest BCUT2D eigenvalue weighted by molar-refractivity contribution is -0.134. The molecule has 0 bridgehead atoms. The van der Waals surface area contributed by atoms with Gasteiger partial charge >= 0.3 is 6.01 Å². The van der Waals surface area contributed by atoms with Crippen molar-refractivity contribution in [3.05, 3.63) is 5.82 Å². The van der Waals surface area contributed by atoms with Crippen molar-refractivity contribution in [1.82, 2.24) is 15.0 Å². The van der Waals surface area contributed by atoms with Gasteiger partial charge in [-0.3, -0.25) is 9.59 Å². The van der Waals surface area contributed by atoms with Crippen LogP contribution in [-0.4, -0.2) is 52.9 Å². The lowest BCUT2D eigenvalue weighted by atomic mass is 9.91. The first-order chi connectivity index (χ1) is 13.5. The standard InChI is InChI=1S/C21H34N4O3/c1-16(2)20-22-21(28-23-20)25-14-10-17(11-15-25)6-7-18(26)8-9-19(27)24-12-4-3-5-13-24/h16-17H,3-15H2,1-2H3. The Balaban J connectivity index is 1.32. The van der Waals surface area contributed by atoms with Crippen molar-refractivity contribution >= 4 is 17.7 Å². The number of aromatic nitrogens is 2. The number of hydrogen-bond donors (Lipinski definition) is 0. The van der Waals surface area contributed by atoms with Crippen molar-refractivity contribution in [2.75, 3.05) is 31.1 Å². The third-order valence-electron chi connectivity index (χ3n) is 5.99. The van der Waals surface area contributed by atoms with Crippen LogP contribution in [-0.2, 0) is 9.59 Å². The number of nitrogens with zero attached hydrogens (tertiary/aromatic N) is 4. The van der Waals surface area contributed by atoms with Crippen LogP contribution in [0.25, 0.3) is 0 Å². The van der Waals surface area contributed by atoms with Gasteiger partial charge in [0.15, 0.2) is 5.82 Å². The lowest BCUT2D eigenvalue weighted by Gasteiger charge is -2.30. The average molecular weight is 391 g/mol. The molecule has 7 nitrogen and oxygen atoms in total. The Hall–Kier alpha value is -1.92. The summed E-state index contributed by atoms with van der Waals surface area (Å²) in [4.78, 5) is 32.9. The predicted octanol–water partition coefficient (Wildman–Crippen LogP) is 3.55. The van der Waals surface area contributed by atoms with Crippen LogP contribution in [0.2, 0.25) is 0 Å². The van der Waals surface area contributed by atoms with Gasteiger partial charge in [-0.15, -0.1) is 0 Å². The lowest BCUT2D eigenvalue weighted by Crippen LogP contribution is -2.35. The molecule has 0 aromatic carbocycles. The first-order valence-electron chi connectivity index (χ1n) is 10.9. The summed E-state index contributed by atoms with van der Waals surface area (Å²) in [6.07, 6.45) is 7.79. The Morgan fingerprint density at radius 3 is 2.39 bits per heavy atom. The fourth-order valence-electron chi connectivity index (χ4n) is 4.04. The molecule has 3 heterocycles. The van der Waals surface area contributed by atoms with Crippen LogP contribution in [0.15, 0.2) is 4.52 Å². The van der Waals surface area contributed by atoms with E-state index in [9.17, 15) is 9.59 Å². The summed E-state index contributed by atoms with van der Waals surface area (Å²) < 4.78 is 5.38. The van der Waals surface area contributed by atoms with Crippen LogP contribution >= 0.6 is 0 Å². The molecule has 3 rings (SSSR count). The summed E-state index contributed by atoms with van der Waals surface area (Å²) >= 11 is 0. The molecular weight excluding hydrogens is 356 g/mol. The molecule has 2 saturated heterocycles. The molecule has 0 radical (unpaired) electrons. The highest BCUT2D eigenvalue weighted by molar-refractivity contribution is 5.85. The number of piperidine rings is 2. The van der Waals surface area contributed by atoms with E-state index in [1.807, 2.05) is 4.90 Å². The number of likely N-dealkylation sites (tertiary alicyclic amines) is 1. The second-order valence-corrected chi connectivity index (χ2v) is 8.54. The maximum Gasteiger partial charge on any atom is 0.324 e. The van der Waals surface area contributed by atoms with Crippen LogP contribution in [0.3, 0.4) is 0 Å². The molecule has 2 aliphatic rings. The van der Waals surface area contributed by atoms with Gasteiger partial charge in [-0.2, -0.15) is 4.98 Å². The number of carbonyl (C=O) groups is 2. The number of anilines is 1. The van der Waals surface area contributed by atoms with Gasteiger partial charge in [0.25, 0.3) is 0 Å². The number of amides is 1. The minimum Gasteiger partial charge on any atom is -0.343 e. The molecule has 2 aliphatic heterocycles. The maximum atomic E-state index is 12.2. The van der Waals surface area contributed by atoms with Gasteiger partial charge in [-0.25, -0.2) is 0 Å². The summed E-state index contributed by atoms with van der Waals surface area (Å²) in [5, 5.41) is 4.03. The van der Waals surface area contributed by atoms with E-state index in [-0.39, 0.29) is 17.6 Å². The van der Waals surface area contributed by atoms with E-state index in [0.29, 0.717) is 31.2 Å². The molecule has 2 fully saturated rings. The molecule has 1 amide bonds. The van der Waals surface area contributed by atoms with Crippen LogP contribution in [0.1, 0.15) is 83.4 Å². The number of hydrogen-bond acceptors (Lipinski definition) is 6. The summed E-state index contributed by atoms with van der Waals surface area (Å²) in [5.74, 6) is 1.96. The average Bonchev–Trinajstić information content (AvgIpc) is 3.22. The molecule has 0 saturated carbocycles. The highest BCUT2D eigenvalue weighted by Gasteiger charge is 2.24. The van der Waals surface area contributed by atoms with Gasteiger partial charge in [0.2, 0.25) is 5.91 Å². The fourth-order valence-corrected chi connectivity index (χ4v) is 4.04. The number of Topliss-reactive ketones (excluding diaryl/α,β-unsaturated/α-hetero) is 1. The highest BCUT2D eigenvalue weighted by Crippen LogP contribution is 2.26. The molecule has 1 aromatic rings. The number of ketones is 1. The molecule has 7 heteroatoms. The second kappa shape index (κ2) is 10.0. The van der Waals surface area contributed by atoms with Crippen LogP contribution in [0, 0.1) is 5.92 Å². The number of rotatable bonds is 8. The quantitative estimate of drug-likeness (QED) is 0.675. The molecular formula is C21H34N4O3. The fraction of sp³-hybridized carbons (Fsp3) is 0.810.